The van der Waals surface area contributed by atoms with Gasteiger partial charge in [-0.05, 0) is 50.2 Å². The van der Waals surface area contributed by atoms with Crippen molar-refractivity contribution in [3.63, 3.8) is 0 Å². The largest absolute Gasteiger partial charge is 0.309 e. The van der Waals surface area contributed by atoms with Crippen molar-refractivity contribution in [1.29, 1.82) is 0 Å². The van der Waals surface area contributed by atoms with E-state index in [1.165, 1.54) is 0 Å². The minimum absolute atomic E-state index is 0.147. The molecule has 1 aliphatic carbocycles. The normalized spacial score (nSPS) is 22.1. The number of hydrogen-bond donors (Lipinski definition) is 0. The third-order valence-corrected chi connectivity index (χ3v) is 3.61. The summed E-state index contributed by atoms with van der Waals surface area (Å²) in [6.07, 6.45) is 3.76. The molecule has 2 nitrogen and oxygen atoms in total. The number of halogens is 1. The smallest absolute Gasteiger partial charge is 0.163 e. The summed E-state index contributed by atoms with van der Waals surface area (Å²) in [5.74, 6) is 0.428. The molecule has 2 rings (SSSR count). The zero-order chi connectivity index (χ0) is 13.1. The summed E-state index contributed by atoms with van der Waals surface area (Å²) in [6.45, 7) is 0.832. The van der Waals surface area contributed by atoms with E-state index in [2.05, 4.69) is 4.90 Å². The van der Waals surface area contributed by atoms with Crippen molar-refractivity contribution < 1.29 is 4.79 Å². The molecule has 1 atom stereocenters. The number of carbonyl (C=O) groups is 1. The van der Waals surface area contributed by atoms with Gasteiger partial charge in [0.05, 0.1) is 0 Å². The molecule has 0 saturated heterocycles. The highest BCUT2D eigenvalue weighted by atomic mass is 35.5. The second-order valence-corrected chi connectivity index (χ2v) is 5.46. The van der Waals surface area contributed by atoms with Gasteiger partial charge in [0.25, 0.3) is 0 Å². The van der Waals surface area contributed by atoms with E-state index < -0.39 is 0 Å². The maximum Gasteiger partial charge on any atom is 0.163 e. The summed E-state index contributed by atoms with van der Waals surface area (Å²) < 4.78 is 0. The third kappa shape index (κ3) is 3.01. The van der Waals surface area contributed by atoms with Gasteiger partial charge in [0.15, 0.2) is 5.78 Å². The van der Waals surface area contributed by atoms with Crippen molar-refractivity contribution in [1.82, 2.24) is 4.90 Å². The summed E-state index contributed by atoms with van der Waals surface area (Å²) in [5, 5.41) is 0.703. The van der Waals surface area contributed by atoms with Crippen LogP contribution in [0, 0.1) is 5.92 Å². The maximum absolute atomic E-state index is 12.2. The van der Waals surface area contributed by atoms with Gasteiger partial charge in [0.1, 0.15) is 0 Å². The Labute approximate surface area is 113 Å². The van der Waals surface area contributed by atoms with Crippen molar-refractivity contribution >= 4 is 23.5 Å². The molecule has 96 valence electrons. The molecule has 0 bridgehead atoms. The van der Waals surface area contributed by atoms with Crippen molar-refractivity contribution in [2.45, 2.75) is 12.8 Å². The second-order valence-electron chi connectivity index (χ2n) is 5.05. The second kappa shape index (κ2) is 5.68. The van der Waals surface area contributed by atoms with E-state index in [0.29, 0.717) is 5.02 Å². The van der Waals surface area contributed by atoms with E-state index in [9.17, 15) is 4.79 Å². The molecular weight excluding hydrogens is 246 g/mol. The van der Waals surface area contributed by atoms with E-state index in [-0.39, 0.29) is 11.7 Å². The average Bonchev–Trinajstić information content (AvgIpc) is 2.64. The first kappa shape index (κ1) is 13.3. The molecular formula is C15H18ClNO. The van der Waals surface area contributed by atoms with E-state index in [0.717, 1.165) is 30.5 Å². The number of carbonyl (C=O) groups excluding carboxylic acids is 1. The van der Waals surface area contributed by atoms with Crippen LogP contribution >= 0.6 is 11.6 Å². The lowest BCUT2D eigenvalue weighted by Crippen LogP contribution is -2.24. The molecule has 0 N–H and O–H groups in total. The van der Waals surface area contributed by atoms with Crippen molar-refractivity contribution in [2.75, 3.05) is 20.6 Å². The highest BCUT2D eigenvalue weighted by Gasteiger charge is 2.29. The molecule has 0 amide bonds. The highest BCUT2D eigenvalue weighted by Crippen LogP contribution is 2.30. The molecule has 0 aliphatic heterocycles. The molecule has 0 heterocycles. The molecule has 1 aliphatic rings. The quantitative estimate of drug-likeness (QED) is 0.780. The SMILES string of the molecule is CN(C)CC1CCC(=Cc2ccccc2Cl)C1=O. The topological polar surface area (TPSA) is 20.3 Å². The first-order valence-electron chi connectivity index (χ1n) is 6.22. The lowest BCUT2D eigenvalue weighted by atomic mass is 10.0. The molecule has 1 aromatic carbocycles. The number of rotatable bonds is 3. The molecule has 0 radical (unpaired) electrons. The number of hydrogen-bond acceptors (Lipinski definition) is 2. The highest BCUT2D eigenvalue weighted by molar-refractivity contribution is 6.32. The van der Waals surface area contributed by atoms with Crippen molar-refractivity contribution in [2.24, 2.45) is 5.92 Å². The van der Waals surface area contributed by atoms with Crippen LogP contribution in [0.1, 0.15) is 18.4 Å². The van der Waals surface area contributed by atoms with Gasteiger partial charge in [-0.1, -0.05) is 29.8 Å². The number of Topliss-reactive ketones (excluding diaryl/α,β-unsaturated/α-hetero) is 1. The molecule has 0 spiro atoms. The summed E-state index contributed by atoms with van der Waals surface area (Å²) in [6, 6.07) is 7.64. The van der Waals surface area contributed by atoms with Crippen LogP contribution in [0.25, 0.3) is 6.08 Å². The van der Waals surface area contributed by atoms with E-state index in [4.69, 9.17) is 11.6 Å². The minimum atomic E-state index is 0.147. The Morgan fingerprint density at radius 1 is 1.39 bits per heavy atom. The van der Waals surface area contributed by atoms with Crippen LogP contribution in [0.4, 0.5) is 0 Å². The average molecular weight is 264 g/mol. The summed E-state index contributed by atoms with van der Waals surface area (Å²) in [4.78, 5) is 14.3. The van der Waals surface area contributed by atoms with Gasteiger partial charge in [-0.3, -0.25) is 4.79 Å². The Kier molecular flexibility index (Phi) is 4.20. The first-order valence-corrected chi connectivity index (χ1v) is 6.60. The van der Waals surface area contributed by atoms with E-state index >= 15 is 0 Å². The van der Waals surface area contributed by atoms with Gasteiger partial charge in [0, 0.05) is 17.5 Å². The third-order valence-electron chi connectivity index (χ3n) is 3.27. The first-order chi connectivity index (χ1) is 8.58. The van der Waals surface area contributed by atoms with Gasteiger partial charge >= 0.3 is 0 Å². The zero-order valence-electron chi connectivity index (χ0n) is 10.8. The van der Waals surface area contributed by atoms with Gasteiger partial charge in [-0.25, -0.2) is 0 Å². The predicted octanol–water partition coefficient (Wildman–Crippen LogP) is 3.26. The summed E-state index contributed by atoms with van der Waals surface area (Å²) in [7, 11) is 4.01. The monoisotopic (exact) mass is 263 g/mol. The van der Waals surface area contributed by atoms with Crippen LogP contribution in [-0.2, 0) is 4.79 Å². The molecule has 1 saturated carbocycles. The number of ketones is 1. The van der Waals surface area contributed by atoms with Crippen LogP contribution in [0.5, 0.6) is 0 Å². The van der Waals surface area contributed by atoms with E-state index in [1.807, 2.05) is 44.4 Å². The number of allylic oxidation sites excluding steroid dienone is 1. The predicted molar refractivity (Wildman–Crippen MR) is 75.7 cm³/mol. The number of benzene rings is 1. The Balaban J connectivity index is 2.16. The van der Waals surface area contributed by atoms with Crippen LogP contribution in [0.15, 0.2) is 29.8 Å². The fraction of sp³-hybridized carbons (Fsp3) is 0.400. The zero-order valence-corrected chi connectivity index (χ0v) is 11.6. The van der Waals surface area contributed by atoms with Crippen LogP contribution in [-0.4, -0.2) is 31.3 Å². The van der Waals surface area contributed by atoms with Crippen molar-refractivity contribution in [3.8, 4) is 0 Å². The molecule has 3 heteroatoms. The summed E-state index contributed by atoms with van der Waals surface area (Å²) in [5.41, 5.74) is 1.85. The van der Waals surface area contributed by atoms with Crippen LogP contribution < -0.4 is 0 Å². The van der Waals surface area contributed by atoms with Gasteiger partial charge in [-0.2, -0.15) is 0 Å². The molecule has 0 aromatic heterocycles. The minimum Gasteiger partial charge on any atom is -0.309 e. The Morgan fingerprint density at radius 3 is 2.78 bits per heavy atom. The fourth-order valence-electron chi connectivity index (χ4n) is 2.38. The van der Waals surface area contributed by atoms with Crippen LogP contribution in [0.2, 0.25) is 5.02 Å². The van der Waals surface area contributed by atoms with Gasteiger partial charge in [0.2, 0.25) is 0 Å². The van der Waals surface area contributed by atoms with Gasteiger partial charge in [-0.15, -0.1) is 0 Å². The lowest BCUT2D eigenvalue weighted by molar-refractivity contribution is -0.118. The molecule has 1 unspecified atom stereocenters. The molecule has 18 heavy (non-hydrogen) atoms. The van der Waals surface area contributed by atoms with Gasteiger partial charge < -0.3 is 4.90 Å². The molecule has 1 aromatic rings. The maximum atomic E-state index is 12.2. The summed E-state index contributed by atoms with van der Waals surface area (Å²) >= 11 is 6.11. The fourth-order valence-corrected chi connectivity index (χ4v) is 2.57. The lowest BCUT2D eigenvalue weighted by Gasteiger charge is -2.13. The van der Waals surface area contributed by atoms with Crippen molar-refractivity contribution in [3.05, 3.63) is 40.4 Å². The standard InChI is InChI=1S/C15H18ClNO/c1-17(2)10-13-8-7-12(15(13)18)9-11-5-3-4-6-14(11)16/h3-6,9,13H,7-8,10H2,1-2H3. The molecule has 1 fully saturated rings. The Hall–Kier alpha value is -1.12. The van der Waals surface area contributed by atoms with E-state index in [1.54, 1.807) is 0 Å². The Morgan fingerprint density at radius 2 is 2.11 bits per heavy atom. The number of nitrogens with zero attached hydrogens (tertiary/aromatic N) is 1. The van der Waals surface area contributed by atoms with Crippen LogP contribution in [0.3, 0.4) is 0 Å². The Bertz CT molecular complexity index is 479.